The Hall–Kier alpha value is -1.26. The Bertz CT molecular complexity index is 401. The molecule has 23 heavy (non-hydrogen) atoms. The summed E-state index contributed by atoms with van der Waals surface area (Å²) in [4.78, 5) is 25.7. The maximum Gasteiger partial charge on any atom is 0.406 e. The first-order chi connectivity index (χ1) is 11.1. The zero-order valence-corrected chi connectivity index (χ0v) is 14.8. The second-order valence-corrected chi connectivity index (χ2v) is 7.21. The number of nitrogens with zero attached hydrogens (tertiary/aromatic N) is 1. The molecule has 2 aliphatic carbocycles. The van der Waals surface area contributed by atoms with Crippen molar-refractivity contribution in [3.8, 4) is 0 Å². The van der Waals surface area contributed by atoms with Crippen molar-refractivity contribution in [1.29, 1.82) is 0 Å². The number of hydrogen-bond acceptors (Lipinski definition) is 3. The molecule has 0 spiro atoms. The number of carbonyl (C=O) groups excluding carboxylic acids is 2. The van der Waals surface area contributed by atoms with Crippen LogP contribution in [-0.2, 0) is 9.53 Å². The minimum Gasteiger partial charge on any atom is -0.453 e. The maximum absolute atomic E-state index is 12.6. The maximum atomic E-state index is 12.6. The smallest absolute Gasteiger partial charge is 0.406 e. The molecular formula is C18H32N2O3. The van der Waals surface area contributed by atoms with E-state index in [2.05, 4.69) is 10.1 Å². The lowest BCUT2D eigenvalue weighted by Gasteiger charge is -2.46. The van der Waals surface area contributed by atoms with E-state index in [0.717, 1.165) is 31.1 Å². The van der Waals surface area contributed by atoms with Crippen LogP contribution in [-0.4, -0.2) is 43.6 Å². The first-order valence-corrected chi connectivity index (χ1v) is 9.15. The van der Waals surface area contributed by atoms with Crippen molar-refractivity contribution in [2.24, 2.45) is 17.8 Å². The molecule has 5 heteroatoms. The van der Waals surface area contributed by atoms with Gasteiger partial charge in [0, 0.05) is 19.6 Å². The summed E-state index contributed by atoms with van der Waals surface area (Å²) in [5.74, 6) is 1.71. The predicted molar refractivity (Wildman–Crippen MR) is 90.0 cm³/mol. The molecule has 0 heterocycles. The van der Waals surface area contributed by atoms with Gasteiger partial charge in [0.05, 0.1) is 13.0 Å². The van der Waals surface area contributed by atoms with Crippen molar-refractivity contribution < 1.29 is 14.3 Å². The molecular weight excluding hydrogens is 292 g/mol. The van der Waals surface area contributed by atoms with Crippen LogP contribution in [0.4, 0.5) is 4.79 Å². The van der Waals surface area contributed by atoms with Crippen molar-refractivity contribution in [3.63, 3.8) is 0 Å². The monoisotopic (exact) mass is 324 g/mol. The summed E-state index contributed by atoms with van der Waals surface area (Å²) in [5.41, 5.74) is 0. The Balaban J connectivity index is 1.76. The van der Waals surface area contributed by atoms with Gasteiger partial charge in [-0.05, 0) is 31.1 Å². The molecule has 0 aromatic carbocycles. The Morgan fingerprint density at radius 3 is 2.39 bits per heavy atom. The molecule has 132 valence electrons. The molecule has 2 fully saturated rings. The van der Waals surface area contributed by atoms with E-state index < -0.39 is 6.09 Å². The van der Waals surface area contributed by atoms with E-state index in [1.807, 2.05) is 18.9 Å². The zero-order valence-electron chi connectivity index (χ0n) is 14.8. The molecule has 0 radical (unpaired) electrons. The van der Waals surface area contributed by atoms with Gasteiger partial charge in [-0.2, -0.15) is 0 Å². The molecule has 1 N–H and O–H groups in total. The second-order valence-electron chi connectivity index (χ2n) is 7.21. The van der Waals surface area contributed by atoms with Gasteiger partial charge in [-0.15, -0.1) is 0 Å². The SMILES string of the molecule is CC[C@H](CNC(=O)OC)C(=O)N(C)[C@H]1C[C@H](C2CCCCC2)C1. The number of ether oxygens (including phenoxy) is 1. The second kappa shape index (κ2) is 8.55. The number of alkyl carbamates (subject to hydrolysis) is 1. The molecule has 5 nitrogen and oxygen atoms in total. The van der Waals surface area contributed by atoms with Crippen LogP contribution in [0.2, 0.25) is 0 Å². The number of nitrogens with one attached hydrogen (secondary N) is 1. The molecule has 2 aliphatic rings. The fourth-order valence-electron chi connectivity index (χ4n) is 4.09. The van der Waals surface area contributed by atoms with Gasteiger partial charge in [0.2, 0.25) is 5.91 Å². The molecule has 1 atom stereocenters. The largest absolute Gasteiger partial charge is 0.453 e. The Morgan fingerprint density at radius 1 is 1.17 bits per heavy atom. The van der Waals surface area contributed by atoms with Crippen LogP contribution < -0.4 is 5.32 Å². The Kier molecular flexibility index (Phi) is 6.72. The van der Waals surface area contributed by atoms with E-state index in [4.69, 9.17) is 0 Å². The highest BCUT2D eigenvalue weighted by molar-refractivity contribution is 5.80. The molecule has 0 unspecified atom stereocenters. The van der Waals surface area contributed by atoms with E-state index in [-0.39, 0.29) is 11.8 Å². The third kappa shape index (κ3) is 4.61. The van der Waals surface area contributed by atoms with Crippen molar-refractivity contribution >= 4 is 12.0 Å². The molecule has 0 aromatic heterocycles. The van der Waals surface area contributed by atoms with Crippen molar-refractivity contribution in [1.82, 2.24) is 10.2 Å². The number of hydrogen-bond donors (Lipinski definition) is 1. The molecule has 2 amide bonds. The lowest BCUT2D eigenvalue weighted by Crippen LogP contribution is -2.50. The summed E-state index contributed by atoms with van der Waals surface area (Å²) in [6.07, 6.45) is 9.52. The quantitative estimate of drug-likeness (QED) is 0.816. The van der Waals surface area contributed by atoms with Gasteiger partial charge in [-0.1, -0.05) is 39.0 Å². The molecule has 0 bridgehead atoms. The lowest BCUT2D eigenvalue weighted by molar-refractivity contribution is -0.139. The van der Waals surface area contributed by atoms with E-state index in [0.29, 0.717) is 12.6 Å². The first kappa shape index (κ1) is 18.1. The van der Waals surface area contributed by atoms with E-state index in [1.165, 1.54) is 39.2 Å². The minimum atomic E-state index is -0.472. The van der Waals surface area contributed by atoms with Crippen molar-refractivity contribution in [3.05, 3.63) is 0 Å². The van der Waals surface area contributed by atoms with Gasteiger partial charge in [0.15, 0.2) is 0 Å². The number of carbonyl (C=O) groups is 2. The van der Waals surface area contributed by atoms with E-state index >= 15 is 0 Å². The summed E-state index contributed by atoms with van der Waals surface area (Å²) in [7, 11) is 3.26. The highest BCUT2D eigenvalue weighted by Crippen LogP contribution is 2.43. The highest BCUT2D eigenvalue weighted by atomic mass is 16.5. The molecule has 0 saturated heterocycles. The number of methoxy groups -OCH3 is 1. The Labute approximate surface area is 140 Å². The molecule has 0 aromatic rings. The number of rotatable bonds is 6. The van der Waals surface area contributed by atoms with Gasteiger partial charge in [-0.25, -0.2) is 4.79 Å². The standard InChI is InChI=1S/C18H32N2O3/c1-4-13(12-19-18(22)23-3)17(21)20(2)16-10-15(11-16)14-8-6-5-7-9-14/h13-16H,4-12H2,1-3H3,(H,19,22)/t13-,15-,16-/m1/s1. The third-order valence-electron chi connectivity index (χ3n) is 5.88. The summed E-state index contributed by atoms with van der Waals surface area (Å²) >= 11 is 0. The fourth-order valence-corrected chi connectivity index (χ4v) is 4.09. The summed E-state index contributed by atoms with van der Waals surface area (Å²) in [5, 5.41) is 2.65. The van der Waals surface area contributed by atoms with Crippen LogP contribution in [0.1, 0.15) is 58.3 Å². The van der Waals surface area contributed by atoms with Crippen molar-refractivity contribution in [2.75, 3.05) is 20.7 Å². The predicted octanol–water partition coefficient (Wildman–Crippen LogP) is 3.19. The van der Waals surface area contributed by atoms with Crippen LogP contribution in [0.15, 0.2) is 0 Å². The lowest BCUT2D eigenvalue weighted by atomic mass is 9.67. The van der Waals surface area contributed by atoms with Crippen LogP contribution in [0.25, 0.3) is 0 Å². The summed E-state index contributed by atoms with van der Waals surface area (Å²) in [6.45, 7) is 2.34. The van der Waals surface area contributed by atoms with Gasteiger partial charge >= 0.3 is 6.09 Å². The molecule has 2 saturated carbocycles. The van der Waals surface area contributed by atoms with Gasteiger partial charge in [0.1, 0.15) is 0 Å². The fraction of sp³-hybridized carbons (Fsp3) is 0.889. The topological polar surface area (TPSA) is 58.6 Å². The minimum absolute atomic E-state index is 0.149. The van der Waals surface area contributed by atoms with Gasteiger partial charge in [0.25, 0.3) is 0 Å². The van der Waals surface area contributed by atoms with E-state index in [9.17, 15) is 9.59 Å². The normalized spacial score (nSPS) is 26.0. The average Bonchev–Trinajstić information content (AvgIpc) is 2.54. The molecule has 2 rings (SSSR count). The van der Waals surface area contributed by atoms with Crippen LogP contribution in [0.3, 0.4) is 0 Å². The van der Waals surface area contributed by atoms with Gasteiger partial charge in [-0.3, -0.25) is 4.79 Å². The average molecular weight is 324 g/mol. The van der Waals surface area contributed by atoms with Gasteiger partial charge < -0.3 is 15.0 Å². The van der Waals surface area contributed by atoms with Crippen LogP contribution >= 0.6 is 0 Å². The summed E-state index contributed by atoms with van der Waals surface area (Å²) < 4.78 is 4.57. The Morgan fingerprint density at radius 2 is 1.83 bits per heavy atom. The first-order valence-electron chi connectivity index (χ1n) is 9.15. The highest BCUT2D eigenvalue weighted by Gasteiger charge is 2.39. The summed E-state index contributed by atoms with van der Waals surface area (Å²) in [6, 6.07) is 0.390. The zero-order chi connectivity index (χ0) is 16.8. The number of amides is 2. The molecule has 0 aliphatic heterocycles. The van der Waals surface area contributed by atoms with Crippen molar-refractivity contribution in [2.45, 2.75) is 64.3 Å². The van der Waals surface area contributed by atoms with E-state index in [1.54, 1.807) is 0 Å². The van der Waals surface area contributed by atoms with Crippen LogP contribution in [0, 0.1) is 17.8 Å². The third-order valence-corrected chi connectivity index (χ3v) is 5.88. The van der Waals surface area contributed by atoms with Crippen LogP contribution in [0.5, 0.6) is 0 Å².